The Morgan fingerprint density at radius 3 is 2.56 bits per heavy atom. The quantitative estimate of drug-likeness (QED) is 0.480. The average molecular weight is 369 g/mol. The van der Waals surface area contributed by atoms with Crippen molar-refractivity contribution in [3.63, 3.8) is 0 Å². The summed E-state index contributed by atoms with van der Waals surface area (Å²) in [5.74, 6) is -1.21. The Morgan fingerprint density at radius 1 is 1.26 bits per heavy atom. The number of aromatic nitrogens is 2. The van der Waals surface area contributed by atoms with Crippen molar-refractivity contribution >= 4 is 29.4 Å². The molecule has 0 aliphatic rings. The standard InChI is InChI=1S/C20H23N3O4/c1-12-18(13(2)23(5)22-12)9-10-19(25)27-15(4)20(26)21-17-8-6-7-16(11-17)14(3)24/h6-11,15H,1-5H3,(H,21,26)/b10-9+/t15-/m1/s1. The smallest absolute Gasteiger partial charge is 0.331 e. The number of hydrogen-bond donors (Lipinski definition) is 1. The molecule has 1 amide bonds. The summed E-state index contributed by atoms with van der Waals surface area (Å²) in [6.07, 6.45) is 1.91. The molecule has 1 heterocycles. The van der Waals surface area contributed by atoms with Crippen LogP contribution in [-0.4, -0.2) is 33.5 Å². The second kappa shape index (κ2) is 8.44. The second-order valence-corrected chi connectivity index (χ2v) is 6.25. The first-order valence-electron chi connectivity index (χ1n) is 8.49. The van der Waals surface area contributed by atoms with Crippen LogP contribution < -0.4 is 5.32 Å². The number of rotatable bonds is 6. The Bertz CT molecular complexity index is 912. The predicted molar refractivity (Wildman–Crippen MR) is 102 cm³/mol. The van der Waals surface area contributed by atoms with Crippen LogP contribution in [0.25, 0.3) is 6.08 Å². The highest BCUT2D eigenvalue weighted by Crippen LogP contribution is 2.14. The molecule has 1 aromatic heterocycles. The highest BCUT2D eigenvalue weighted by molar-refractivity contribution is 5.99. The number of hydrogen-bond acceptors (Lipinski definition) is 5. The predicted octanol–water partition coefficient (Wildman–Crippen LogP) is 2.82. The summed E-state index contributed by atoms with van der Waals surface area (Å²) in [5, 5.41) is 6.90. The minimum atomic E-state index is -0.987. The number of nitrogens with zero attached hydrogens (tertiary/aromatic N) is 2. The van der Waals surface area contributed by atoms with Gasteiger partial charge in [-0.25, -0.2) is 4.79 Å². The topological polar surface area (TPSA) is 90.3 Å². The van der Waals surface area contributed by atoms with Gasteiger partial charge in [0.05, 0.1) is 5.69 Å². The Morgan fingerprint density at radius 2 is 1.96 bits per heavy atom. The van der Waals surface area contributed by atoms with Crippen molar-refractivity contribution in [1.29, 1.82) is 0 Å². The maximum absolute atomic E-state index is 12.2. The molecule has 0 radical (unpaired) electrons. The zero-order valence-corrected chi connectivity index (χ0v) is 16.1. The Labute approximate surface area is 158 Å². The molecule has 1 atom stereocenters. The minimum absolute atomic E-state index is 0.100. The molecule has 7 nitrogen and oxygen atoms in total. The highest BCUT2D eigenvalue weighted by atomic mass is 16.5. The van der Waals surface area contributed by atoms with E-state index in [0.29, 0.717) is 11.3 Å². The zero-order chi connectivity index (χ0) is 20.1. The Balaban J connectivity index is 1.97. The minimum Gasteiger partial charge on any atom is -0.449 e. The molecule has 1 aromatic carbocycles. The van der Waals surface area contributed by atoms with Gasteiger partial charge in [-0.05, 0) is 45.9 Å². The zero-order valence-electron chi connectivity index (χ0n) is 16.1. The molecule has 0 fully saturated rings. The highest BCUT2D eigenvalue weighted by Gasteiger charge is 2.17. The van der Waals surface area contributed by atoms with E-state index in [0.717, 1.165) is 17.0 Å². The lowest BCUT2D eigenvalue weighted by Gasteiger charge is -2.12. The number of carbonyl (C=O) groups excluding carboxylic acids is 3. The summed E-state index contributed by atoms with van der Waals surface area (Å²) in [7, 11) is 1.82. The van der Waals surface area contributed by atoms with E-state index in [9.17, 15) is 14.4 Å². The normalized spacial score (nSPS) is 12.0. The second-order valence-electron chi connectivity index (χ2n) is 6.25. The number of benzene rings is 1. The van der Waals surface area contributed by atoms with E-state index in [4.69, 9.17) is 4.74 Å². The molecular weight excluding hydrogens is 346 g/mol. The van der Waals surface area contributed by atoms with Crippen molar-refractivity contribution in [2.45, 2.75) is 33.8 Å². The van der Waals surface area contributed by atoms with Gasteiger partial charge in [-0.2, -0.15) is 5.10 Å². The van der Waals surface area contributed by atoms with Crippen LogP contribution in [0, 0.1) is 13.8 Å². The lowest BCUT2D eigenvalue weighted by Crippen LogP contribution is -2.29. The molecule has 0 bridgehead atoms. The lowest BCUT2D eigenvalue weighted by molar-refractivity contribution is -0.148. The fourth-order valence-electron chi connectivity index (χ4n) is 2.51. The third-order valence-corrected chi connectivity index (χ3v) is 4.15. The summed E-state index contributed by atoms with van der Waals surface area (Å²) in [6, 6.07) is 6.56. The molecule has 142 valence electrons. The van der Waals surface area contributed by atoms with Gasteiger partial charge in [-0.15, -0.1) is 0 Å². The molecular formula is C20H23N3O4. The van der Waals surface area contributed by atoms with E-state index in [1.165, 1.54) is 19.9 Å². The summed E-state index contributed by atoms with van der Waals surface area (Å²) in [5.41, 5.74) is 3.52. The number of amides is 1. The monoisotopic (exact) mass is 369 g/mol. The average Bonchev–Trinajstić information content (AvgIpc) is 2.85. The van der Waals surface area contributed by atoms with Crippen LogP contribution in [-0.2, 0) is 21.4 Å². The van der Waals surface area contributed by atoms with Crippen LogP contribution in [0.15, 0.2) is 30.3 Å². The molecule has 0 saturated heterocycles. The summed E-state index contributed by atoms with van der Waals surface area (Å²) >= 11 is 0. The van der Waals surface area contributed by atoms with Gasteiger partial charge in [0.15, 0.2) is 11.9 Å². The summed E-state index contributed by atoms with van der Waals surface area (Å²) < 4.78 is 6.87. The first-order chi connectivity index (χ1) is 12.7. The molecule has 1 N–H and O–H groups in total. The molecule has 0 spiro atoms. The van der Waals surface area contributed by atoms with Crippen LogP contribution >= 0.6 is 0 Å². The third kappa shape index (κ3) is 5.13. The van der Waals surface area contributed by atoms with Gasteiger partial charge < -0.3 is 10.1 Å². The van der Waals surface area contributed by atoms with Crippen LogP contribution in [0.2, 0.25) is 0 Å². The van der Waals surface area contributed by atoms with Gasteiger partial charge in [0.1, 0.15) is 0 Å². The molecule has 7 heteroatoms. The Kier molecular flexibility index (Phi) is 6.28. The third-order valence-electron chi connectivity index (χ3n) is 4.15. The van der Waals surface area contributed by atoms with Gasteiger partial charge >= 0.3 is 5.97 Å². The van der Waals surface area contributed by atoms with E-state index >= 15 is 0 Å². The van der Waals surface area contributed by atoms with Crippen molar-refractivity contribution in [2.75, 3.05) is 5.32 Å². The fraction of sp³-hybridized carbons (Fsp3) is 0.300. The number of ketones is 1. The van der Waals surface area contributed by atoms with E-state index in [2.05, 4.69) is 10.4 Å². The van der Waals surface area contributed by atoms with E-state index in [1.54, 1.807) is 35.0 Å². The molecule has 0 aliphatic carbocycles. The van der Waals surface area contributed by atoms with Crippen LogP contribution in [0.1, 0.15) is 41.2 Å². The summed E-state index contributed by atoms with van der Waals surface area (Å²) in [4.78, 5) is 35.6. The van der Waals surface area contributed by atoms with Crippen LogP contribution in [0.3, 0.4) is 0 Å². The molecule has 2 aromatic rings. The Hall–Kier alpha value is -3.22. The number of nitrogens with one attached hydrogen (secondary N) is 1. The van der Waals surface area contributed by atoms with E-state index in [-0.39, 0.29) is 5.78 Å². The van der Waals surface area contributed by atoms with Gasteiger partial charge in [0, 0.05) is 35.6 Å². The molecule has 2 rings (SSSR count). The first kappa shape index (κ1) is 20.1. The van der Waals surface area contributed by atoms with Crippen molar-refractivity contribution in [3.8, 4) is 0 Å². The van der Waals surface area contributed by atoms with Gasteiger partial charge in [-0.1, -0.05) is 12.1 Å². The van der Waals surface area contributed by atoms with E-state index < -0.39 is 18.0 Å². The molecule has 0 saturated carbocycles. The van der Waals surface area contributed by atoms with Crippen molar-refractivity contribution < 1.29 is 19.1 Å². The number of aryl methyl sites for hydroxylation is 2. The van der Waals surface area contributed by atoms with Crippen molar-refractivity contribution in [1.82, 2.24) is 9.78 Å². The van der Waals surface area contributed by atoms with Crippen molar-refractivity contribution in [3.05, 3.63) is 52.9 Å². The van der Waals surface area contributed by atoms with Crippen molar-refractivity contribution in [2.24, 2.45) is 7.05 Å². The van der Waals surface area contributed by atoms with Gasteiger partial charge in [-0.3, -0.25) is 14.3 Å². The van der Waals surface area contributed by atoms with Crippen LogP contribution in [0.5, 0.6) is 0 Å². The first-order valence-corrected chi connectivity index (χ1v) is 8.49. The lowest BCUT2D eigenvalue weighted by atomic mass is 10.1. The molecule has 27 heavy (non-hydrogen) atoms. The maximum Gasteiger partial charge on any atom is 0.331 e. The summed E-state index contributed by atoms with van der Waals surface area (Å²) in [6.45, 7) is 6.68. The number of anilines is 1. The number of esters is 1. The van der Waals surface area contributed by atoms with Gasteiger partial charge in [0.2, 0.25) is 0 Å². The molecule has 0 unspecified atom stereocenters. The van der Waals surface area contributed by atoms with Crippen LogP contribution in [0.4, 0.5) is 5.69 Å². The number of carbonyl (C=O) groups is 3. The molecule has 0 aliphatic heterocycles. The fourth-order valence-corrected chi connectivity index (χ4v) is 2.51. The maximum atomic E-state index is 12.2. The van der Waals surface area contributed by atoms with Gasteiger partial charge in [0.25, 0.3) is 5.91 Å². The SMILES string of the molecule is CC(=O)c1cccc(NC(=O)[C@@H](C)OC(=O)/C=C/c2c(C)nn(C)c2C)c1. The number of ether oxygens (including phenoxy) is 1. The largest absolute Gasteiger partial charge is 0.449 e. The van der Waals surface area contributed by atoms with E-state index in [1.807, 2.05) is 20.9 Å². The number of Topliss-reactive ketones (excluding diaryl/α,β-unsaturated/α-hetero) is 1.